The van der Waals surface area contributed by atoms with Gasteiger partial charge in [-0.2, -0.15) is 4.31 Å². The smallest absolute Gasteiger partial charge is 0.358 e. The Hall–Kier alpha value is -2.87. The van der Waals surface area contributed by atoms with E-state index in [4.69, 9.17) is 9.47 Å². The van der Waals surface area contributed by atoms with E-state index in [1.165, 1.54) is 22.7 Å². The van der Waals surface area contributed by atoms with Gasteiger partial charge in [0.2, 0.25) is 15.9 Å². The van der Waals surface area contributed by atoms with Crippen LogP contribution < -0.4 is 5.32 Å². The van der Waals surface area contributed by atoms with E-state index in [-0.39, 0.29) is 23.1 Å². The molecule has 1 aromatic carbocycles. The van der Waals surface area contributed by atoms with Gasteiger partial charge in [-0.15, -0.1) is 11.3 Å². The fraction of sp³-hybridized carbons (Fsp3) is 0.400. The molecule has 1 fully saturated rings. The number of nitrogens with zero attached hydrogens (tertiary/aromatic N) is 4. The summed E-state index contributed by atoms with van der Waals surface area (Å²) in [6, 6.07) is 4.82. The Morgan fingerprint density at radius 1 is 1.24 bits per heavy atom. The number of carbonyl (C=O) groups is 2. The number of rotatable bonds is 7. The molecule has 0 radical (unpaired) electrons. The van der Waals surface area contributed by atoms with Gasteiger partial charge in [0.05, 0.1) is 29.1 Å². The summed E-state index contributed by atoms with van der Waals surface area (Å²) in [5, 5.41) is 4.32. The van der Waals surface area contributed by atoms with Gasteiger partial charge in [-0.1, -0.05) is 0 Å². The van der Waals surface area contributed by atoms with E-state index in [0.717, 1.165) is 16.9 Å². The van der Waals surface area contributed by atoms with Gasteiger partial charge in [-0.05, 0) is 25.1 Å². The van der Waals surface area contributed by atoms with E-state index >= 15 is 0 Å². The summed E-state index contributed by atoms with van der Waals surface area (Å²) in [6.07, 6.45) is 0. The standard InChI is InChI=1S/C20H23N5O6S2/c1-3-25-17-5-4-14(33(28,29)24-6-8-30-9-7-24)10-15(17)22-18(25)11-31-19(27)16-12-32-20(23-16)21-13(2)26/h4-5,10,12H,3,6-9,11H2,1-2H3,(H,21,23,26). The average Bonchev–Trinajstić information content (AvgIpc) is 3.41. The Labute approximate surface area is 194 Å². The lowest BCUT2D eigenvalue weighted by atomic mass is 10.3. The number of anilines is 1. The Morgan fingerprint density at radius 3 is 2.70 bits per heavy atom. The van der Waals surface area contributed by atoms with E-state index in [0.29, 0.717) is 49.3 Å². The fourth-order valence-corrected chi connectivity index (χ4v) is 5.65. The third kappa shape index (κ3) is 4.90. The van der Waals surface area contributed by atoms with Crippen LogP contribution in [0.4, 0.5) is 5.13 Å². The first-order valence-corrected chi connectivity index (χ1v) is 12.6. The number of carbonyl (C=O) groups excluding carboxylic acids is 2. The predicted molar refractivity (Wildman–Crippen MR) is 121 cm³/mol. The molecule has 13 heteroatoms. The molecule has 2 aromatic heterocycles. The first-order valence-electron chi connectivity index (χ1n) is 10.3. The van der Waals surface area contributed by atoms with E-state index in [1.807, 2.05) is 11.5 Å². The lowest BCUT2D eigenvalue weighted by molar-refractivity contribution is -0.114. The van der Waals surface area contributed by atoms with Crippen molar-refractivity contribution in [1.82, 2.24) is 18.8 Å². The molecule has 3 aromatic rings. The molecule has 1 amide bonds. The monoisotopic (exact) mass is 493 g/mol. The van der Waals surface area contributed by atoms with Crippen LogP contribution in [-0.2, 0) is 37.4 Å². The summed E-state index contributed by atoms with van der Waals surface area (Å²) in [6.45, 7) is 5.08. The zero-order valence-corrected chi connectivity index (χ0v) is 19.7. The Morgan fingerprint density at radius 2 is 2.00 bits per heavy atom. The number of ether oxygens (including phenoxy) is 2. The molecule has 3 heterocycles. The van der Waals surface area contributed by atoms with Gasteiger partial charge in [0.15, 0.2) is 10.8 Å². The van der Waals surface area contributed by atoms with Crippen LogP contribution in [0.1, 0.15) is 30.2 Å². The van der Waals surface area contributed by atoms with Gasteiger partial charge < -0.3 is 19.4 Å². The van der Waals surface area contributed by atoms with Crippen LogP contribution in [0.3, 0.4) is 0 Å². The summed E-state index contributed by atoms with van der Waals surface area (Å²) >= 11 is 1.12. The van der Waals surface area contributed by atoms with Gasteiger partial charge in [0, 0.05) is 31.9 Å². The number of thiazole rings is 1. The van der Waals surface area contributed by atoms with Gasteiger partial charge in [0.1, 0.15) is 12.4 Å². The molecule has 0 aliphatic carbocycles. The highest BCUT2D eigenvalue weighted by Crippen LogP contribution is 2.24. The molecule has 1 N–H and O–H groups in total. The highest BCUT2D eigenvalue weighted by molar-refractivity contribution is 7.89. The number of imidazole rings is 1. The van der Waals surface area contributed by atoms with Crippen LogP contribution in [0.2, 0.25) is 0 Å². The summed E-state index contributed by atoms with van der Waals surface area (Å²) in [5.41, 5.74) is 1.33. The highest BCUT2D eigenvalue weighted by atomic mass is 32.2. The second-order valence-electron chi connectivity index (χ2n) is 7.23. The molecule has 4 rings (SSSR count). The number of sulfonamides is 1. The van der Waals surface area contributed by atoms with Crippen LogP contribution in [0.5, 0.6) is 0 Å². The summed E-state index contributed by atoms with van der Waals surface area (Å²) in [4.78, 5) is 32.2. The number of morpholine rings is 1. The maximum absolute atomic E-state index is 13.0. The van der Waals surface area contributed by atoms with Crippen LogP contribution >= 0.6 is 11.3 Å². The topological polar surface area (TPSA) is 133 Å². The highest BCUT2D eigenvalue weighted by Gasteiger charge is 2.27. The summed E-state index contributed by atoms with van der Waals surface area (Å²) in [7, 11) is -3.65. The molecule has 1 aliphatic rings. The quantitative estimate of drug-likeness (QED) is 0.493. The third-order valence-corrected chi connectivity index (χ3v) is 7.70. The Balaban J connectivity index is 1.53. The van der Waals surface area contributed by atoms with Crippen molar-refractivity contribution < 1.29 is 27.5 Å². The van der Waals surface area contributed by atoms with Crippen molar-refractivity contribution in [2.24, 2.45) is 0 Å². The number of esters is 1. The average molecular weight is 494 g/mol. The molecular weight excluding hydrogens is 470 g/mol. The van der Waals surface area contributed by atoms with Crippen molar-refractivity contribution in [3.63, 3.8) is 0 Å². The van der Waals surface area contributed by atoms with Gasteiger partial charge in [-0.3, -0.25) is 4.79 Å². The fourth-order valence-electron chi connectivity index (χ4n) is 3.50. The molecule has 0 spiro atoms. The summed E-state index contributed by atoms with van der Waals surface area (Å²) in [5.74, 6) is -0.442. The maximum Gasteiger partial charge on any atom is 0.358 e. The zero-order valence-electron chi connectivity index (χ0n) is 18.1. The minimum atomic E-state index is -3.65. The third-order valence-electron chi connectivity index (χ3n) is 5.05. The molecule has 0 unspecified atom stereocenters. The van der Waals surface area contributed by atoms with Gasteiger partial charge >= 0.3 is 5.97 Å². The van der Waals surface area contributed by atoms with Crippen LogP contribution in [0.15, 0.2) is 28.5 Å². The lowest BCUT2D eigenvalue weighted by Gasteiger charge is -2.26. The number of amides is 1. The predicted octanol–water partition coefficient (Wildman–Crippen LogP) is 1.85. The minimum Gasteiger partial charge on any atom is -0.453 e. The Kier molecular flexibility index (Phi) is 6.74. The number of aryl methyl sites for hydroxylation is 1. The van der Waals surface area contributed by atoms with Crippen molar-refractivity contribution in [2.45, 2.75) is 31.9 Å². The minimum absolute atomic E-state index is 0.0850. The van der Waals surface area contributed by atoms with E-state index in [2.05, 4.69) is 15.3 Å². The molecular formula is C20H23N5O6S2. The first kappa shape index (κ1) is 23.3. The molecule has 33 heavy (non-hydrogen) atoms. The molecule has 0 atom stereocenters. The first-order chi connectivity index (χ1) is 15.8. The number of hydrogen-bond donors (Lipinski definition) is 1. The number of nitrogens with one attached hydrogen (secondary N) is 1. The second kappa shape index (κ2) is 9.55. The molecule has 1 aliphatic heterocycles. The SMILES string of the molecule is CCn1c(COC(=O)c2csc(NC(C)=O)n2)nc2cc(S(=O)(=O)N3CCOCC3)ccc21. The molecule has 0 bridgehead atoms. The molecule has 176 valence electrons. The van der Waals surface area contributed by atoms with E-state index in [9.17, 15) is 18.0 Å². The number of benzene rings is 1. The zero-order chi connectivity index (χ0) is 23.6. The van der Waals surface area contributed by atoms with Crippen LogP contribution in [-0.4, -0.2) is 65.4 Å². The van der Waals surface area contributed by atoms with E-state index in [1.54, 1.807) is 12.1 Å². The lowest BCUT2D eigenvalue weighted by Crippen LogP contribution is -2.40. The molecule has 0 saturated carbocycles. The maximum atomic E-state index is 13.0. The van der Waals surface area contributed by atoms with Crippen molar-refractivity contribution in [2.75, 3.05) is 31.6 Å². The summed E-state index contributed by atoms with van der Waals surface area (Å²) < 4.78 is 39.8. The second-order valence-corrected chi connectivity index (χ2v) is 10.0. The van der Waals surface area contributed by atoms with Crippen molar-refractivity contribution in [3.05, 3.63) is 35.1 Å². The number of fused-ring (bicyclic) bond motifs is 1. The largest absolute Gasteiger partial charge is 0.453 e. The molecule has 1 saturated heterocycles. The van der Waals surface area contributed by atoms with Crippen LogP contribution in [0.25, 0.3) is 11.0 Å². The van der Waals surface area contributed by atoms with Gasteiger partial charge in [-0.25, -0.2) is 23.2 Å². The van der Waals surface area contributed by atoms with Crippen molar-refractivity contribution in [1.29, 1.82) is 0 Å². The molecule has 11 nitrogen and oxygen atoms in total. The number of aromatic nitrogens is 3. The van der Waals surface area contributed by atoms with Gasteiger partial charge in [0.25, 0.3) is 0 Å². The van der Waals surface area contributed by atoms with E-state index < -0.39 is 16.0 Å². The normalized spacial score (nSPS) is 15.0. The Bertz CT molecular complexity index is 1290. The van der Waals surface area contributed by atoms with Crippen molar-refractivity contribution >= 4 is 49.4 Å². The number of hydrogen-bond acceptors (Lipinski definition) is 9. The van der Waals surface area contributed by atoms with Crippen molar-refractivity contribution in [3.8, 4) is 0 Å². The van der Waals surface area contributed by atoms with Crippen LogP contribution in [0, 0.1) is 0 Å².